The van der Waals surface area contributed by atoms with Crippen LogP contribution in [-0.4, -0.2) is 11.7 Å². The van der Waals surface area contributed by atoms with E-state index in [4.69, 9.17) is 4.74 Å². The molecule has 0 radical (unpaired) electrons. The summed E-state index contributed by atoms with van der Waals surface area (Å²) in [5, 5.41) is 11.2. The van der Waals surface area contributed by atoms with Crippen molar-refractivity contribution >= 4 is 27.2 Å². The van der Waals surface area contributed by atoms with Crippen LogP contribution < -0.4 is 0 Å². The number of hydrogen-bond donors (Lipinski definition) is 1. The second-order valence-corrected chi connectivity index (χ2v) is 8.09. The molecule has 2 aromatic carbocycles. The molecule has 0 aliphatic rings. The molecule has 27 heavy (non-hydrogen) atoms. The highest BCUT2D eigenvalue weighted by Crippen LogP contribution is 2.42. The van der Waals surface area contributed by atoms with Crippen molar-refractivity contribution in [2.75, 3.05) is 6.61 Å². The number of phenolic OH excluding ortho intramolecular Hbond substituents is 1. The quantitative estimate of drug-likeness (QED) is 0.446. The Bertz CT molecular complexity index is 964. The van der Waals surface area contributed by atoms with Gasteiger partial charge < -0.3 is 9.84 Å². The van der Waals surface area contributed by atoms with Crippen LogP contribution in [0.1, 0.15) is 55.2 Å². The predicted octanol–water partition coefficient (Wildman–Crippen LogP) is 7.03. The van der Waals surface area contributed by atoms with Crippen molar-refractivity contribution in [2.45, 2.75) is 46.0 Å². The number of thiophene rings is 1. The van der Waals surface area contributed by atoms with E-state index in [1.54, 1.807) is 11.3 Å². The van der Waals surface area contributed by atoms with Crippen molar-refractivity contribution < 1.29 is 9.84 Å². The van der Waals surface area contributed by atoms with Crippen LogP contribution >= 0.6 is 11.3 Å². The third-order valence-corrected chi connectivity index (χ3v) is 6.78. The van der Waals surface area contributed by atoms with Crippen LogP contribution in [0.25, 0.3) is 15.8 Å². The molecule has 0 fully saturated rings. The van der Waals surface area contributed by atoms with Crippen LogP contribution in [0.5, 0.6) is 5.75 Å². The van der Waals surface area contributed by atoms with Crippen LogP contribution in [0.2, 0.25) is 0 Å². The van der Waals surface area contributed by atoms with Gasteiger partial charge in [0.2, 0.25) is 0 Å². The number of benzene rings is 2. The summed E-state index contributed by atoms with van der Waals surface area (Å²) in [6.07, 6.45) is 2.00. The summed E-state index contributed by atoms with van der Waals surface area (Å²) in [6, 6.07) is 15.0. The van der Waals surface area contributed by atoms with E-state index in [0.717, 1.165) is 29.0 Å². The minimum Gasteiger partial charge on any atom is -0.508 e. The van der Waals surface area contributed by atoms with E-state index in [9.17, 15) is 5.11 Å². The van der Waals surface area contributed by atoms with Crippen molar-refractivity contribution in [3.05, 3.63) is 70.6 Å². The molecule has 0 amide bonds. The number of aromatic hydroxyl groups is 1. The lowest BCUT2D eigenvalue weighted by atomic mass is 9.70. The monoisotopic (exact) mass is 380 g/mol. The van der Waals surface area contributed by atoms with Gasteiger partial charge in [-0.25, -0.2) is 0 Å². The minimum absolute atomic E-state index is 0.0638. The zero-order valence-corrected chi connectivity index (χ0v) is 17.5. The summed E-state index contributed by atoms with van der Waals surface area (Å²) >= 11 is 1.72. The highest BCUT2D eigenvalue weighted by Gasteiger charge is 2.31. The summed E-state index contributed by atoms with van der Waals surface area (Å²) < 4.78 is 6.83. The standard InChI is InChI=1S/C24H28O2S/c1-6-24(7-2,19-9-11-21(25)16(4)13-19)20-10-12-22-18(14-20)15-23(27-22)17(5)26-8-3/h9-15,25H,5-8H2,1-4H3. The van der Waals surface area contributed by atoms with Gasteiger partial charge in [-0.3, -0.25) is 0 Å². The summed E-state index contributed by atoms with van der Waals surface area (Å²) in [5.74, 6) is 1.10. The molecule has 1 aromatic heterocycles. The average Bonchev–Trinajstić information content (AvgIpc) is 3.10. The molecule has 1 heterocycles. The maximum absolute atomic E-state index is 9.95. The number of hydrogen-bond acceptors (Lipinski definition) is 3. The van der Waals surface area contributed by atoms with E-state index >= 15 is 0 Å². The molecular weight excluding hydrogens is 352 g/mol. The van der Waals surface area contributed by atoms with Gasteiger partial charge in [0, 0.05) is 10.1 Å². The van der Waals surface area contributed by atoms with Gasteiger partial charge in [0.15, 0.2) is 0 Å². The molecule has 1 N–H and O–H groups in total. The van der Waals surface area contributed by atoms with E-state index in [1.807, 2.05) is 19.9 Å². The lowest BCUT2D eigenvalue weighted by Crippen LogP contribution is -2.26. The molecule has 0 atom stereocenters. The Kier molecular flexibility index (Phi) is 5.61. The summed E-state index contributed by atoms with van der Waals surface area (Å²) in [7, 11) is 0. The highest BCUT2D eigenvalue weighted by atomic mass is 32.1. The molecule has 3 heteroatoms. The predicted molar refractivity (Wildman–Crippen MR) is 117 cm³/mol. The molecule has 0 spiro atoms. The van der Waals surface area contributed by atoms with Crippen LogP contribution in [0, 0.1) is 6.92 Å². The molecule has 2 nitrogen and oxygen atoms in total. The maximum atomic E-state index is 9.95. The van der Waals surface area contributed by atoms with Crippen LogP contribution in [0.15, 0.2) is 49.0 Å². The number of ether oxygens (including phenoxy) is 1. The summed E-state index contributed by atoms with van der Waals surface area (Å²) in [6.45, 7) is 13.1. The van der Waals surface area contributed by atoms with Gasteiger partial charge in [-0.15, -0.1) is 11.3 Å². The van der Waals surface area contributed by atoms with Crippen LogP contribution in [0.4, 0.5) is 0 Å². The second-order valence-electron chi connectivity index (χ2n) is 7.01. The van der Waals surface area contributed by atoms with E-state index in [2.05, 4.69) is 56.8 Å². The van der Waals surface area contributed by atoms with Crippen molar-refractivity contribution in [3.8, 4) is 5.75 Å². The fraction of sp³-hybridized carbons (Fsp3) is 0.333. The fourth-order valence-electron chi connectivity index (χ4n) is 3.91. The normalized spacial score (nSPS) is 11.7. The van der Waals surface area contributed by atoms with Gasteiger partial charge in [0.05, 0.1) is 11.5 Å². The Morgan fingerprint density at radius 1 is 1.04 bits per heavy atom. The summed E-state index contributed by atoms with van der Waals surface area (Å²) in [4.78, 5) is 1.09. The molecule has 142 valence electrons. The fourth-order valence-corrected chi connectivity index (χ4v) is 4.88. The highest BCUT2D eigenvalue weighted by molar-refractivity contribution is 7.20. The molecule has 0 saturated carbocycles. The molecule has 0 saturated heterocycles. The van der Waals surface area contributed by atoms with E-state index < -0.39 is 0 Å². The SMILES string of the molecule is C=C(OCC)c1cc2cc(C(CC)(CC)c3ccc(O)c(C)c3)ccc2s1. The molecule has 0 unspecified atom stereocenters. The van der Waals surface area contributed by atoms with E-state index in [-0.39, 0.29) is 5.41 Å². The van der Waals surface area contributed by atoms with Crippen molar-refractivity contribution in [3.63, 3.8) is 0 Å². The Labute approximate surface area is 166 Å². The summed E-state index contributed by atoms with van der Waals surface area (Å²) in [5.41, 5.74) is 3.43. The number of fused-ring (bicyclic) bond motifs is 1. The molecule has 0 aliphatic carbocycles. The van der Waals surface area contributed by atoms with Gasteiger partial charge >= 0.3 is 0 Å². The second kappa shape index (κ2) is 7.77. The molecule has 0 aliphatic heterocycles. The maximum Gasteiger partial charge on any atom is 0.129 e. The third-order valence-electron chi connectivity index (χ3n) is 5.62. The third kappa shape index (κ3) is 3.49. The average molecular weight is 381 g/mol. The zero-order valence-electron chi connectivity index (χ0n) is 16.6. The van der Waals surface area contributed by atoms with Crippen molar-refractivity contribution in [2.24, 2.45) is 0 Å². The number of phenols is 1. The minimum atomic E-state index is -0.0638. The topological polar surface area (TPSA) is 29.5 Å². The van der Waals surface area contributed by atoms with E-state index in [1.165, 1.54) is 21.2 Å². The Morgan fingerprint density at radius 2 is 1.70 bits per heavy atom. The Hall–Kier alpha value is -2.26. The zero-order chi connectivity index (χ0) is 19.6. The molecule has 3 aromatic rings. The first-order chi connectivity index (χ1) is 12.9. The van der Waals surface area contributed by atoms with Crippen LogP contribution in [-0.2, 0) is 10.2 Å². The van der Waals surface area contributed by atoms with Gasteiger partial charge in [0.25, 0.3) is 0 Å². The Morgan fingerprint density at radius 3 is 2.33 bits per heavy atom. The van der Waals surface area contributed by atoms with Gasteiger partial charge in [-0.1, -0.05) is 38.6 Å². The first kappa shape index (κ1) is 19.5. The Balaban J connectivity index is 2.11. The van der Waals surface area contributed by atoms with Gasteiger partial charge in [0.1, 0.15) is 11.5 Å². The number of aryl methyl sites for hydroxylation is 1. The number of rotatable bonds is 7. The smallest absolute Gasteiger partial charge is 0.129 e. The van der Waals surface area contributed by atoms with Crippen molar-refractivity contribution in [1.29, 1.82) is 0 Å². The molecule has 3 rings (SSSR count). The van der Waals surface area contributed by atoms with Crippen LogP contribution in [0.3, 0.4) is 0 Å². The van der Waals surface area contributed by atoms with E-state index in [0.29, 0.717) is 12.4 Å². The molecular formula is C24H28O2S. The lowest BCUT2D eigenvalue weighted by molar-refractivity contribution is 0.300. The van der Waals surface area contributed by atoms with Gasteiger partial charge in [-0.05, 0) is 73.0 Å². The largest absolute Gasteiger partial charge is 0.508 e. The first-order valence-electron chi connectivity index (χ1n) is 9.61. The van der Waals surface area contributed by atoms with Gasteiger partial charge in [-0.2, -0.15) is 0 Å². The molecule has 0 bridgehead atoms. The lowest BCUT2D eigenvalue weighted by Gasteiger charge is -2.33. The van der Waals surface area contributed by atoms with Crippen molar-refractivity contribution in [1.82, 2.24) is 0 Å². The first-order valence-corrected chi connectivity index (χ1v) is 10.4.